The van der Waals surface area contributed by atoms with Gasteiger partial charge in [-0.1, -0.05) is 25.5 Å². The van der Waals surface area contributed by atoms with E-state index in [4.69, 9.17) is 14.2 Å². The number of carbonyl (C=O) groups is 1. The van der Waals surface area contributed by atoms with Gasteiger partial charge in [-0.2, -0.15) is 4.31 Å². The second-order valence-electron chi connectivity index (χ2n) is 7.94. The molecule has 0 aliphatic carbocycles. The standard InChI is InChI=1S/C24H32N2O6S/c1-5-6-14-25-24(27)21-16-26(33(28,29)18-12-10-17(30-2)11-13-18)15-20(21)19-8-7-9-22(31-3)23(19)32-4/h7-13,20-21H,5-6,14-16H2,1-4H3,(H,25,27)/t20-,21+/m1/s1. The predicted molar refractivity (Wildman–Crippen MR) is 125 cm³/mol. The van der Waals surface area contributed by atoms with E-state index in [1.165, 1.54) is 23.5 Å². The summed E-state index contributed by atoms with van der Waals surface area (Å²) in [5.74, 6) is 0.519. The molecule has 8 nitrogen and oxygen atoms in total. The second kappa shape index (κ2) is 10.9. The lowest BCUT2D eigenvalue weighted by Gasteiger charge is -2.21. The van der Waals surface area contributed by atoms with Crippen molar-refractivity contribution in [3.8, 4) is 17.2 Å². The number of sulfonamides is 1. The molecule has 2 aromatic carbocycles. The average molecular weight is 477 g/mol. The Morgan fingerprint density at radius 3 is 2.36 bits per heavy atom. The molecule has 0 aromatic heterocycles. The Hall–Kier alpha value is -2.78. The number of rotatable bonds is 10. The van der Waals surface area contributed by atoms with E-state index in [0.717, 1.165) is 18.4 Å². The molecule has 1 aliphatic rings. The molecule has 1 amide bonds. The SMILES string of the molecule is CCCCNC(=O)[C@H]1CN(S(=O)(=O)c2ccc(OC)cc2)C[C@@H]1c1cccc(OC)c1OC. The predicted octanol–water partition coefficient (Wildman–Crippen LogP) is 3.03. The zero-order valence-corrected chi connectivity index (χ0v) is 20.4. The number of para-hydroxylation sites is 1. The normalized spacial score (nSPS) is 18.7. The molecule has 2 aromatic rings. The van der Waals surface area contributed by atoms with Crippen LogP contribution in [0.25, 0.3) is 0 Å². The van der Waals surface area contributed by atoms with E-state index >= 15 is 0 Å². The van der Waals surface area contributed by atoms with Crippen molar-refractivity contribution in [3.05, 3.63) is 48.0 Å². The Morgan fingerprint density at radius 1 is 1.03 bits per heavy atom. The number of ether oxygens (including phenoxy) is 3. The zero-order valence-electron chi connectivity index (χ0n) is 19.5. The molecule has 1 aliphatic heterocycles. The second-order valence-corrected chi connectivity index (χ2v) is 9.88. The first kappa shape index (κ1) is 24.9. The summed E-state index contributed by atoms with van der Waals surface area (Å²) in [6.45, 7) is 2.84. The Kier molecular flexibility index (Phi) is 8.20. The van der Waals surface area contributed by atoms with Crippen molar-refractivity contribution in [1.29, 1.82) is 0 Å². The highest BCUT2D eigenvalue weighted by Gasteiger charge is 2.44. The van der Waals surface area contributed by atoms with E-state index < -0.39 is 15.9 Å². The monoisotopic (exact) mass is 476 g/mol. The number of nitrogens with zero attached hydrogens (tertiary/aromatic N) is 1. The number of amides is 1. The molecule has 1 N–H and O–H groups in total. The largest absolute Gasteiger partial charge is 0.497 e. The molecular weight excluding hydrogens is 444 g/mol. The third kappa shape index (κ3) is 5.25. The molecular formula is C24H32N2O6S. The van der Waals surface area contributed by atoms with Crippen LogP contribution in [-0.2, 0) is 14.8 Å². The van der Waals surface area contributed by atoms with Gasteiger partial charge in [0, 0.05) is 31.1 Å². The highest BCUT2D eigenvalue weighted by Crippen LogP contribution is 2.43. The Morgan fingerprint density at radius 2 is 1.76 bits per heavy atom. The minimum Gasteiger partial charge on any atom is -0.497 e. The van der Waals surface area contributed by atoms with Crippen molar-refractivity contribution in [1.82, 2.24) is 9.62 Å². The number of hydrogen-bond acceptors (Lipinski definition) is 6. The Balaban J connectivity index is 1.97. The summed E-state index contributed by atoms with van der Waals surface area (Å²) in [7, 11) is 0.807. The summed E-state index contributed by atoms with van der Waals surface area (Å²) in [6.07, 6.45) is 1.82. The van der Waals surface area contributed by atoms with Crippen LogP contribution in [0.1, 0.15) is 31.2 Å². The summed E-state index contributed by atoms with van der Waals surface area (Å²) >= 11 is 0. The van der Waals surface area contributed by atoms with Crippen LogP contribution in [0.15, 0.2) is 47.4 Å². The lowest BCUT2D eigenvalue weighted by Crippen LogP contribution is -2.36. The number of hydrogen-bond donors (Lipinski definition) is 1. The van der Waals surface area contributed by atoms with Crippen molar-refractivity contribution in [2.45, 2.75) is 30.6 Å². The van der Waals surface area contributed by atoms with E-state index in [0.29, 0.717) is 23.8 Å². The van der Waals surface area contributed by atoms with Crippen molar-refractivity contribution in [2.75, 3.05) is 41.0 Å². The molecule has 1 fully saturated rings. The van der Waals surface area contributed by atoms with Crippen molar-refractivity contribution >= 4 is 15.9 Å². The summed E-state index contributed by atoms with van der Waals surface area (Å²) in [5.41, 5.74) is 0.750. The third-order valence-electron chi connectivity index (χ3n) is 5.98. The zero-order chi connectivity index (χ0) is 24.0. The van der Waals surface area contributed by atoms with Crippen molar-refractivity contribution in [3.63, 3.8) is 0 Å². The number of nitrogens with one attached hydrogen (secondary N) is 1. The maximum atomic E-state index is 13.4. The topological polar surface area (TPSA) is 94.2 Å². The molecule has 1 saturated heterocycles. The van der Waals surface area contributed by atoms with Crippen LogP contribution < -0.4 is 19.5 Å². The van der Waals surface area contributed by atoms with Crippen LogP contribution in [-0.4, -0.2) is 59.6 Å². The molecule has 0 spiro atoms. The van der Waals surface area contributed by atoms with Gasteiger partial charge in [-0.3, -0.25) is 4.79 Å². The molecule has 0 unspecified atom stereocenters. The van der Waals surface area contributed by atoms with E-state index in [1.807, 2.05) is 12.1 Å². The summed E-state index contributed by atoms with van der Waals surface area (Å²) < 4.78 is 44.4. The molecule has 1 heterocycles. The minimum atomic E-state index is -3.81. The molecule has 2 atom stereocenters. The first-order valence-electron chi connectivity index (χ1n) is 11.0. The van der Waals surface area contributed by atoms with Gasteiger partial charge >= 0.3 is 0 Å². The average Bonchev–Trinajstić information content (AvgIpc) is 3.30. The van der Waals surface area contributed by atoms with Crippen LogP contribution in [0.4, 0.5) is 0 Å². The van der Waals surface area contributed by atoms with Crippen molar-refractivity contribution in [2.24, 2.45) is 5.92 Å². The smallest absolute Gasteiger partial charge is 0.243 e. The number of methoxy groups -OCH3 is 3. The maximum Gasteiger partial charge on any atom is 0.243 e. The van der Waals surface area contributed by atoms with Crippen LogP contribution in [0.2, 0.25) is 0 Å². The van der Waals surface area contributed by atoms with Gasteiger partial charge in [0.1, 0.15) is 5.75 Å². The Labute approximate surface area is 195 Å². The van der Waals surface area contributed by atoms with Gasteiger partial charge in [-0.15, -0.1) is 0 Å². The van der Waals surface area contributed by atoms with Crippen LogP contribution in [0, 0.1) is 5.92 Å². The van der Waals surface area contributed by atoms with Gasteiger partial charge in [0.05, 0.1) is 32.1 Å². The molecule has 0 radical (unpaired) electrons. The Bertz CT molecular complexity index is 1060. The fraction of sp³-hybridized carbons (Fsp3) is 0.458. The van der Waals surface area contributed by atoms with Crippen LogP contribution >= 0.6 is 0 Å². The third-order valence-corrected chi connectivity index (χ3v) is 7.83. The first-order chi connectivity index (χ1) is 15.9. The van der Waals surface area contributed by atoms with E-state index in [9.17, 15) is 13.2 Å². The summed E-state index contributed by atoms with van der Waals surface area (Å²) in [6, 6.07) is 11.7. The van der Waals surface area contributed by atoms with E-state index in [1.54, 1.807) is 32.4 Å². The molecule has 0 bridgehead atoms. The van der Waals surface area contributed by atoms with Gasteiger partial charge in [0.25, 0.3) is 0 Å². The van der Waals surface area contributed by atoms with Crippen molar-refractivity contribution < 1.29 is 27.4 Å². The minimum absolute atomic E-state index is 0.0807. The lowest BCUT2D eigenvalue weighted by atomic mass is 9.87. The quantitative estimate of drug-likeness (QED) is 0.530. The molecule has 3 rings (SSSR count). The lowest BCUT2D eigenvalue weighted by molar-refractivity contribution is -0.124. The molecule has 33 heavy (non-hydrogen) atoms. The van der Waals surface area contributed by atoms with Gasteiger partial charge in [-0.25, -0.2) is 8.42 Å². The first-order valence-corrected chi connectivity index (χ1v) is 12.4. The van der Waals surface area contributed by atoms with E-state index in [2.05, 4.69) is 12.2 Å². The fourth-order valence-electron chi connectivity index (χ4n) is 4.16. The fourth-order valence-corrected chi connectivity index (χ4v) is 5.66. The van der Waals surface area contributed by atoms with Gasteiger partial charge in [0.2, 0.25) is 15.9 Å². The molecule has 0 saturated carbocycles. The maximum absolute atomic E-state index is 13.4. The molecule has 180 valence electrons. The number of carbonyl (C=O) groups excluding carboxylic acids is 1. The van der Waals surface area contributed by atoms with Gasteiger partial charge < -0.3 is 19.5 Å². The highest BCUT2D eigenvalue weighted by molar-refractivity contribution is 7.89. The van der Waals surface area contributed by atoms with Gasteiger partial charge in [0.15, 0.2) is 11.5 Å². The van der Waals surface area contributed by atoms with Crippen LogP contribution in [0.5, 0.6) is 17.2 Å². The number of benzene rings is 2. The summed E-state index contributed by atoms with van der Waals surface area (Å²) in [4.78, 5) is 13.3. The van der Waals surface area contributed by atoms with Gasteiger partial charge in [-0.05, 0) is 36.8 Å². The summed E-state index contributed by atoms with van der Waals surface area (Å²) in [5, 5.41) is 2.97. The molecule has 9 heteroatoms. The highest BCUT2D eigenvalue weighted by atomic mass is 32.2. The van der Waals surface area contributed by atoms with Crippen LogP contribution in [0.3, 0.4) is 0 Å². The number of unbranched alkanes of at least 4 members (excludes halogenated alkanes) is 1. The van der Waals surface area contributed by atoms with E-state index in [-0.39, 0.29) is 29.8 Å².